The molecule has 0 aliphatic heterocycles. The fourth-order valence-corrected chi connectivity index (χ4v) is 2.92. The zero-order valence-electron chi connectivity index (χ0n) is 16.5. The summed E-state index contributed by atoms with van der Waals surface area (Å²) in [6, 6.07) is -0.344. The van der Waals surface area contributed by atoms with Crippen molar-refractivity contribution in [1.82, 2.24) is 5.32 Å². The quantitative estimate of drug-likeness (QED) is 0.238. The average molecular weight is 362 g/mol. The van der Waals surface area contributed by atoms with E-state index in [0.717, 1.165) is 12.8 Å². The van der Waals surface area contributed by atoms with Crippen molar-refractivity contribution >= 4 is 11.9 Å². The molecule has 0 saturated heterocycles. The van der Waals surface area contributed by atoms with Gasteiger partial charge in [0.2, 0.25) is 5.91 Å². The Hall–Kier alpha value is -0.320. The Kier molecular flexibility index (Phi) is 21.5. The van der Waals surface area contributed by atoms with E-state index in [1.807, 2.05) is 0 Å². The van der Waals surface area contributed by atoms with E-state index in [9.17, 15) is 14.7 Å². The van der Waals surface area contributed by atoms with Crippen molar-refractivity contribution in [3.05, 3.63) is 12.7 Å². The summed E-state index contributed by atoms with van der Waals surface area (Å²) in [6.07, 6.45) is 17.0. The van der Waals surface area contributed by atoms with Gasteiger partial charge in [0.25, 0.3) is 0 Å². The number of aliphatic carboxylic acids is 1. The third kappa shape index (κ3) is 19.8. The first-order valence-corrected chi connectivity index (χ1v) is 9.73. The summed E-state index contributed by atoms with van der Waals surface area (Å²) in [5.74, 6) is -1.44. The van der Waals surface area contributed by atoms with E-state index in [1.54, 1.807) is 0 Å². The van der Waals surface area contributed by atoms with Crippen LogP contribution in [0.2, 0.25) is 0 Å². The van der Waals surface area contributed by atoms with Crippen molar-refractivity contribution in [3.8, 4) is 0 Å². The minimum atomic E-state index is -1.12. The first kappa shape index (κ1) is 26.9. The third-order valence-corrected chi connectivity index (χ3v) is 4.35. The number of hydrogen-bond donors (Lipinski definition) is 1. The molecule has 0 rings (SSSR count). The summed E-state index contributed by atoms with van der Waals surface area (Å²) in [6.45, 7) is 5.63. The van der Waals surface area contributed by atoms with Crippen molar-refractivity contribution in [2.45, 2.75) is 103 Å². The van der Waals surface area contributed by atoms with Crippen molar-refractivity contribution in [3.63, 3.8) is 0 Å². The van der Waals surface area contributed by atoms with Gasteiger partial charge in [-0.15, -0.1) is 0 Å². The van der Waals surface area contributed by atoms with Gasteiger partial charge in [-0.05, 0) is 12.5 Å². The Balaban J connectivity index is 0. The number of rotatable bonds is 17. The summed E-state index contributed by atoms with van der Waals surface area (Å²) in [7, 11) is 0. The Labute approximate surface area is 176 Å². The largest absolute Gasteiger partial charge is 1.00 e. The fraction of sp³-hybridized carbons (Fsp3) is 0.800. The van der Waals surface area contributed by atoms with Gasteiger partial charge in [-0.3, -0.25) is 4.79 Å². The fourth-order valence-electron chi connectivity index (χ4n) is 2.92. The standard InChI is InChI=1S/C20H37NO3.Na/c1-3-5-6-7-8-9-10-11-12-13-14-15-16-18(17-20(23)24)21-19(22)4-2;/h4,18H,2-3,5-17H2,1H3,(H,21,22)(H,23,24);/q;+1/p-1. The van der Waals surface area contributed by atoms with E-state index in [1.165, 1.54) is 70.3 Å². The number of nitrogens with one attached hydrogen (secondary N) is 1. The van der Waals surface area contributed by atoms with Crippen LogP contribution in [0.15, 0.2) is 12.7 Å². The molecule has 0 aliphatic carbocycles. The van der Waals surface area contributed by atoms with Gasteiger partial charge < -0.3 is 15.2 Å². The van der Waals surface area contributed by atoms with Gasteiger partial charge in [0.15, 0.2) is 0 Å². The van der Waals surface area contributed by atoms with Crippen LogP contribution in [-0.2, 0) is 9.59 Å². The summed E-state index contributed by atoms with van der Waals surface area (Å²) < 4.78 is 0. The van der Waals surface area contributed by atoms with E-state index in [-0.39, 0.29) is 47.9 Å². The van der Waals surface area contributed by atoms with E-state index in [0.29, 0.717) is 6.42 Å². The molecule has 0 aromatic heterocycles. The van der Waals surface area contributed by atoms with Gasteiger partial charge in [0.1, 0.15) is 0 Å². The zero-order valence-corrected chi connectivity index (χ0v) is 18.5. The van der Waals surface area contributed by atoms with Crippen LogP contribution in [0.4, 0.5) is 0 Å². The molecule has 1 N–H and O–H groups in total. The van der Waals surface area contributed by atoms with E-state index in [4.69, 9.17) is 0 Å². The van der Waals surface area contributed by atoms with Crippen molar-refractivity contribution in [2.24, 2.45) is 0 Å². The Bertz CT molecular complexity index is 348. The molecule has 1 amide bonds. The smallest absolute Gasteiger partial charge is 0.550 e. The van der Waals surface area contributed by atoms with Crippen LogP contribution in [-0.4, -0.2) is 17.9 Å². The minimum Gasteiger partial charge on any atom is -0.550 e. The number of carboxylic acids is 1. The molecule has 0 spiro atoms. The van der Waals surface area contributed by atoms with Crippen molar-refractivity contribution in [1.29, 1.82) is 0 Å². The topological polar surface area (TPSA) is 69.2 Å². The molecule has 140 valence electrons. The second kappa shape index (κ2) is 20.0. The van der Waals surface area contributed by atoms with Gasteiger partial charge in [-0.1, -0.05) is 90.6 Å². The molecule has 1 unspecified atom stereocenters. The number of unbranched alkanes of at least 4 members (excludes halogenated alkanes) is 11. The molecule has 0 bridgehead atoms. The van der Waals surface area contributed by atoms with Crippen LogP contribution in [0, 0.1) is 0 Å². The number of carboxylic acid groups (broad SMARTS) is 1. The van der Waals surface area contributed by atoms with Crippen LogP contribution >= 0.6 is 0 Å². The number of carbonyl (C=O) groups excluding carboxylic acids is 2. The summed E-state index contributed by atoms with van der Waals surface area (Å²) in [5.41, 5.74) is 0. The molecule has 1 atom stereocenters. The minimum absolute atomic E-state index is 0. The molecule has 5 heteroatoms. The molecule has 0 fully saturated rings. The van der Waals surface area contributed by atoms with Gasteiger partial charge in [0.05, 0.1) is 0 Å². The Morgan fingerprint density at radius 3 is 1.76 bits per heavy atom. The van der Waals surface area contributed by atoms with Gasteiger partial charge in [0, 0.05) is 18.4 Å². The molecule has 0 heterocycles. The molecule has 0 aromatic rings. The molecule has 0 radical (unpaired) electrons. The van der Waals surface area contributed by atoms with E-state index < -0.39 is 5.97 Å². The number of amides is 1. The third-order valence-electron chi connectivity index (χ3n) is 4.35. The monoisotopic (exact) mass is 361 g/mol. The van der Waals surface area contributed by atoms with Crippen LogP contribution in [0.1, 0.15) is 96.8 Å². The van der Waals surface area contributed by atoms with E-state index in [2.05, 4.69) is 18.8 Å². The summed E-state index contributed by atoms with van der Waals surface area (Å²) >= 11 is 0. The molecule has 0 aromatic carbocycles. The molecule has 0 saturated carbocycles. The predicted molar refractivity (Wildman–Crippen MR) is 97.4 cm³/mol. The average Bonchev–Trinajstić information content (AvgIpc) is 2.55. The predicted octanol–water partition coefficient (Wildman–Crippen LogP) is 0.892. The molecular formula is C20H36NNaO3. The Morgan fingerprint density at radius 2 is 1.36 bits per heavy atom. The van der Waals surface area contributed by atoms with Crippen LogP contribution in [0.25, 0.3) is 0 Å². The summed E-state index contributed by atoms with van der Waals surface area (Å²) in [5, 5.41) is 13.4. The maximum atomic E-state index is 11.3. The van der Waals surface area contributed by atoms with Crippen LogP contribution in [0.5, 0.6) is 0 Å². The first-order valence-electron chi connectivity index (χ1n) is 9.73. The zero-order chi connectivity index (χ0) is 18.0. The van der Waals surface area contributed by atoms with Gasteiger partial charge in [-0.2, -0.15) is 0 Å². The maximum Gasteiger partial charge on any atom is 1.00 e. The maximum absolute atomic E-state index is 11.3. The van der Waals surface area contributed by atoms with Crippen molar-refractivity contribution in [2.75, 3.05) is 0 Å². The van der Waals surface area contributed by atoms with Crippen LogP contribution in [0.3, 0.4) is 0 Å². The van der Waals surface area contributed by atoms with E-state index >= 15 is 0 Å². The molecule has 0 aliphatic rings. The second-order valence-corrected chi connectivity index (χ2v) is 6.66. The number of hydrogen-bond acceptors (Lipinski definition) is 3. The molecule has 25 heavy (non-hydrogen) atoms. The molecular weight excluding hydrogens is 325 g/mol. The van der Waals surface area contributed by atoms with Gasteiger partial charge in [-0.25, -0.2) is 0 Å². The SMILES string of the molecule is C=CC(=O)NC(CCCCCCCCCCCCCC)CC(=O)[O-].[Na+]. The van der Waals surface area contributed by atoms with Crippen LogP contribution < -0.4 is 40.0 Å². The summed E-state index contributed by atoms with van der Waals surface area (Å²) in [4.78, 5) is 22.0. The second-order valence-electron chi connectivity index (χ2n) is 6.66. The first-order chi connectivity index (χ1) is 11.6. The van der Waals surface area contributed by atoms with Gasteiger partial charge >= 0.3 is 29.6 Å². The molecule has 4 nitrogen and oxygen atoms in total. The Morgan fingerprint density at radius 1 is 0.920 bits per heavy atom. The van der Waals surface area contributed by atoms with Crippen molar-refractivity contribution < 1.29 is 44.3 Å². The number of carbonyl (C=O) groups is 2. The normalized spacial score (nSPS) is 11.4.